The molecule has 0 aliphatic carbocycles. The smallest absolute Gasteiger partial charge is 0.251 e. The average molecular weight is 405 g/mol. The van der Waals surface area contributed by atoms with Crippen LogP contribution in [0.4, 0.5) is 5.69 Å². The second-order valence-electron chi connectivity index (χ2n) is 6.82. The number of amides is 2. The lowest BCUT2D eigenvalue weighted by atomic mass is 9.91. The number of anilines is 1. The van der Waals surface area contributed by atoms with Gasteiger partial charge < -0.3 is 10.2 Å². The lowest BCUT2D eigenvalue weighted by Crippen LogP contribution is -2.45. The normalized spacial score (nSPS) is 15.4. The molecule has 1 atom stereocenters. The van der Waals surface area contributed by atoms with Crippen LogP contribution < -0.4 is 5.32 Å². The van der Waals surface area contributed by atoms with Crippen LogP contribution >= 0.6 is 11.6 Å². The number of hydrogen-bond donors (Lipinski definition) is 1. The number of pyridine rings is 1. The Kier molecular flexibility index (Phi) is 5.15. The molecular weight excluding hydrogens is 388 g/mol. The van der Waals surface area contributed by atoms with Crippen molar-refractivity contribution in [2.24, 2.45) is 0 Å². The minimum atomic E-state index is -0.864. The average Bonchev–Trinajstić information content (AvgIpc) is 2.73. The highest BCUT2D eigenvalue weighted by atomic mass is 35.5. The molecule has 0 saturated heterocycles. The summed E-state index contributed by atoms with van der Waals surface area (Å²) in [6, 6.07) is 14.0. The molecule has 1 N–H and O–H groups in total. The number of aromatic nitrogens is 1. The van der Waals surface area contributed by atoms with Crippen LogP contribution in [0.15, 0.2) is 54.9 Å². The van der Waals surface area contributed by atoms with E-state index in [4.69, 9.17) is 16.9 Å². The molecule has 0 fully saturated rings. The number of halogens is 1. The lowest BCUT2D eigenvalue weighted by molar-refractivity contribution is -0.138. The monoisotopic (exact) mass is 404 g/mol. The standard InChI is InChI=1S/C22H17ClN4O2/c23-16-6-5-14-8-10-27(20(28)7-9-24)21(18(14)11-16)22(29)26-19-13-25-12-15-3-1-2-4-17(15)19/h1-6,11-13,21H,7-8,10H2,(H,26,29). The first kappa shape index (κ1) is 18.9. The van der Waals surface area contributed by atoms with E-state index < -0.39 is 6.04 Å². The Morgan fingerprint density at radius 1 is 1.24 bits per heavy atom. The molecule has 2 heterocycles. The maximum Gasteiger partial charge on any atom is 0.251 e. The topological polar surface area (TPSA) is 86.1 Å². The molecular formula is C22H17ClN4O2. The van der Waals surface area contributed by atoms with E-state index in [1.165, 1.54) is 4.90 Å². The maximum atomic E-state index is 13.3. The molecule has 1 aliphatic rings. The zero-order chi connectivity index (χ0) is 20.4. The van der Waals surface area contributed by atoms with E-state index in [1.54, 1.807) is 24.5 Å². The fourth-order valence-corrected chi connectivity index (χ4v) is 3.90. The van der Waals surface area contributed by atoms with Crippen molar-refractivity contribution in [1.82, 2.24) is 9.88 Å². The van der Waals surface area contributed by atoms with Crippen LogP contribution in [0.2, 0.25) is 5.02 Å². The van der Waals surface area contributed by atoms with Crippen molar-refractivity contribution in [2.75, 3.05) is 11.9 Å². The Balaban J connectivity index is 1.74. The van der Waals surface area contributed by atoms with Crippen LogP contribution in [-0.4, -0.2) is 28.2 Å². The number of nitrogens with zero attached hydrogens (tertiary/aromatic N) is 3. The molecule has 3 aromatic rings. The number of carbonyl (C=O) groups is 2. The van der Waals surface area contributed by atoms with Gasteiger partial charge in [0.1, 0.15) is 12.5 Å². The molecule has 1 aromatic heterocycles. The first-order chi connectivity index (χ1) is 14.1. The Bertz CT molecular complexity index is 1150. The van der Waals surface area contributed by atoms with Crippen LogP contribution in [-0.2, 0) is 16.0 Å². The SMILES string of the molecule is N#CCC(=O)N1CCc2ccc(Cl)cc2C1C(=O)Nc1cncc2ccccc12. The highest BCUT2D eigenvalue weighted by Gasteiger charge is 2.36. The Labute approximate surface area is 172 Å². The van der Waals surface area contributed by atoms with Crippen molar-refractivity contribution in [3.8, 4) is 6.07 Å². The molecule has 0 saturated carbocycles. The zero-order valence-electron chi connectivity index (χ0n) is 15.4. The first-order valence-corrected chi connectivity index (χ1v) is 9.54. The van der Waals surface area contributed by atoms with Gasteiger partial charge in [0.2, 0.25) is 5.91 Å². The fourth-order valence-electron chi connectivity index (χ4n) is 3.72. The van der Waals surface area contributed by atoms with Crippen LogP contribution in [0.1, 0.15) is 23.6 Å². The summed E-state index contributed by atoms with van der Waals surface area (Å²) in [4.78, 5) is 31.5. The molecule has 4 rings (SSSR count). The molecule has 2 amide bonds. The molecule has 0 spiro atoms. The number of carbonyl (C=O) groups excluding carboxylic acids is 2. The van der Waals surface area contributed by atoms with Gasteiger partial charge in [0.05, 0.1) is 18.0 Å². The van der Waals surface area contributed by atoms with E-state index in [0.29, 0.717) is 29.2 Å². The molecule has 0 bridgehead atoms. The highest BCUT2D eigenvalue weighted by molar-refractivity contribution is 6.30. The van der Waals surface area contributed by atoms with Crippen LogP contribution in [0.25, 0.3) is 10.8 Å². The summed E-state index contributed by atoms with van der Waals surface area (Å²) in [5, 5.41) is 14.1. The van der Waals surface area contributed by atoms with Gasteiger partial charge in [-0.2, -0.15) is 5.26 Å². The quantitative estimate of drug-likeness (QED) is 0.718. The van der Waals surface area contributed by atoms with E-state index in [2.05, 4.69) is 10.3 Å². The summed E-state index contributed by atoms with van der Waals surface area (Å²) >= 11 is 6.18. The Morgan fingerprint density at radius 3 is 2.90 bits per heavy atom. The minimum Gasteiger partial charge on any atom is -0.325 e. The number of nitriles is 1. The third-order valence-electron chi connectivity index (χ3n) is 5.06. The second-order valence-corrected chi connectivity index (χ2v) is 7.25. The van der Waals surface area contributed by atoms with Gasteiger partial charge in [-0.25, -0.2) is 0 Å². The molecule has 2 aromatic carbocycles. The van der Waals surface area contributed by atoms with Crippen molar-refractivity contribution >= 4 is 39.9 Å². The number of fused-ring (bicyclic) bond motifs is 2. The molecule has 144 valence electrons. The van der Waals surface area contributed by atoms with Gasteiger partial charge in [-0.05, 0) is 29.7 Å². The third kappa shape index (κ3) is 3.65. The van der Waals surface area contributed by atoms with Gasteiger partial charge in [0.25, 0.3) is 5.91 Å². The van der Waals surface area contributed by atoms with Gasteiger partial charge in [0, 0.05) is 28.5 Å². The Hall–Kier alpha value is -3.43. The van der Waals surface area contributed by atoms with Gasteiger partial charge in [0.15, 0.2) is 0 Å². The summed E-state index contributed by atoms with van der Waals surface area (Å²) in [5.74, 6) is -0.744. The summed E-state index contributed by atoms with van der Waals surface area (Å²) < 4.78 is 0. The predicted molar refractivity (Wildman–Crippen MR) is 110 cm³/mol. The molecule has 7 heteroatoms. The van der Waals surface area contributed by atoms with E-state index in [9.17, 15) is 9.59 Å². The minimum absolute atomic E-state index is 0.282. The summed E-state index contributed by atoms with van der Waals surface area (Å²) in [6.45, 7) is 0.362. The van der Waals surface area contributed by atoms with E-state index in [1.807, 2.05) is 36.4 Å². The fraction of sp³-hybridized carbons (Fsp3) is 0.182. The number of rotatable bonds is 3. The van der Waals surface area contributed by atoms with Crippen LogP contribution in [0, 0.1) is 11.3 Å². The van der Waals surface area contributed by atoms with Gasteiger partial charge in [-0.15, -0.1) is 0 Å². The maximum absolute atomic E-state index is 13.3. The summed E-state index contributed by atoms with van der Waals surface area (Å²) in [7, 11) is 0. The van der Waals surface area contributed by atoms with Crippen molar-refractivity contribution < 1.29 is 9.59 Å². The first-order valence-electron chi connectivity index (χ1n) is 9.17. The van der Waals surface area contributed by atoms with Crippen molar-refractivity contribution in [2.45, 2.75) is 18.9 Å². The Morgan fingerprint density at radius 2 is 2.07 bits per heavy atom. The highest BCUT2D eigenvalue weighted by Crippen LogP contribution is 2.34. The van der Waals surface area contributed by atoms with Gasteiger partial charge >= 0.3 is 0 Å². The van der Waals surface area contributed by atoms with Crippen LogP contribution in [0.5, 0.6) is 0 Å². The van der Waals surface area contributed by atoms with E-state index in [0.717, 1.165) is 16.3 Å². The second kappa shape index (κ2) is 7.90. The predicted octanol–water partition coefficient (Wildman–Crippen LogP) is 3.87. The number of benzene rings is 2. The van der Waals surface area contributed by atoms with E-state index >= 15 is 0 Å². The van der Waals surface area contributed by atoms with Crippen molar-refractivity contribution in [3.63, 3.8) is 0 Å². The molecule has 29 heavy (non-hydrogen) atoms. The number of nitrogens with one attached hydrogen (secondary N) is 1. The van der Waals surface area contributed by atoms with E-state index in [-0.39, 0.29) is 18.2 Å². The largest absolute Gasteiger partial charge is 0.325 e. The zero-order valence-corrected chi connectivity index (χ0v) is 16.2. The molecule has 0 radical (unpaired) electrons. The molecule has 1 unspecified atom stereocenters. The summed E-state index contributed by atoms with van der Waals surface area (Å²) in [5.41, 5.74) is 2.21. The molecule has 1 aliphatic heterocycles. The lowest BCUT2D eigenvalue weighted by Gasteiger charge is -2.36. The van der Waals surface area contributed by atoms with Crippen molar-refractivity contribution in [3.05, 3.63) is 71.0 Å². The van der Waals surface area contributed by atoms with Crippen molar-refractivity contribution in [1.29, 1.82) is 5.26 Å². The van der Waals surface area contributed by atoms with Crippen LogP contribution in [0.3, 0.4) is 0 Å². The third-order valence-corrected chi connectivity index (χ3v) is 5.30. The van der Waals surface area contributed by atoms with Gasteiger partial charge in [-0.1, -0.05) is 41.9 Å². The number of hydrogen-bond acceptors (Lipinski definition) is 4. The summed E-state index contributed by atoms with van der Waals surface area (Å²) in [6.07, 6.45) is 3.63. The molecule has 6 nitrogen and oxygen atoms in total. The van der Waals surface area contributed by atoms with Gasteiger partial charge in [-0.3, -0.25) is 14.6 Å².